The number of anilines is 1. The van der Waals surface area contributed by atoms with Crippen LogP contribution in [-0.4, -0.2) is 32.6 Å². The van der Waals surface area contributed by atoms with Gasteiger partial charge in [0.2, 0.25) is 5.91 Å². The van der Waals surface area contributed by atoms with E-state index >= 15 is 0 Å². The molecule has 0 heterocycles. The van der Waals surface area contributed by atoms with Gasteiger partial charge < -0.3 is 20.7 Å². The molecular weight excluding hydrogens is 364 g/mol. The summed E-state index contributed by atoms with van der Waals surface area (Å²) in [6.07, 6.45) is 0.877. The SMILES string of the molecule is CN=C(NCCc1ccc(C)c(OC)c1)NCc1ccc(NC(=O)C(C)C)cc1. The van der Waals surface area contributed by atoms with Crippen LogP contribution in [-0.2, 0) is 17.8 Å². The lowest BCUT2D eigenvalue weighted by Crippen LogP contribution is -2.37. The molecule has 2 rings (SSSR count). The fourth-order valence-corrected chi connectivity index (χ4v) is 2.74. The van der Waals surface area contributed by atoms with E-state index in [2.05, 4.69) is 39.1 Å². The standard InChI is InChI=1S/C23H32N4O2/c1-16(2)22(28)27-20-10-8-19(9-11-20)15-26-23(24-4)25-13-12-18-7-6-17(3)21(14-18)29-5/h6-11,14,16H,12-13,15H2,1-5H3,(H,27,28)(H2,24,25,26). The normalized spacial score (nSPS) is 11.3. The molecule has 0 aliphatic heterocycles. The highest BCUT2D eigenvalue weighted by Crippen LogP contribution is 2.19. The fraction of sp³-hybridized carbons (Fsp3) is 0.391. The number of aryl methyl sites for hydroxylation is 1. The summed E-state index contributed by atoms with van der Waals surface area (Å²) in [6, 6.07) is 14.1. The van der Waals surface area contributed by atoms with Crippen LogP contribution in [0.3, 0.4) is 0 Å². The molecule has 6 nitrogen and oxygen atoms in total. The Hall–Kier alpha value is -3.02. The van der Waals surface area contributed by atoms with Crippen LogP contribution in [0.2, 0.25) is 0 Å². The number of nitrogens with zero attached hydrogens (tertiary/aromatic N) is 1. The molecule has 0 spiro atoms. The van der Waals surface area contributed by atoms with E-state index in [1.165, 1.54) is 5.56 Å². The smallest absolute Gasteiger partial charge is 0.226 e. The summed E-state index contributed by atoms with van der Waals surface area (Å²) in [5.74, 6) is 1.65. The number of hydrogen-bond donors (Lipinski definition) is 3. The first-order chi connectivity index (χ1) is 13.9. The summed E-state index contributed by atoms with van der Waals surface area (Å²) >= 11 is 0. The van der Waals surface area contributed by atoms with Crippen molar-refractivity contribution < 1.29 is 9.53 Å². The molecule has 0 saturated carbocycles. The second kappa shape index (κ2) is 11.1. The van der Waals surface area contributed by atoms with Gasteiger partial charge in [-0.25, -0.2) is 0 Å². The Labute approximate surface area is 173 Å². The van der Waals surface area contributed by atoms with Gasteiger partial charge in [0.05, 0.1) is 7.11 Å². The van der Waals surface area contributed by atoms with Crippen molar-refractivity contribution in [2.75, 3.05) is 26.0 Å². The maximum atomic E-state index is 11.8. The van der Waals surface area contributed by atoms with Gasteiger partial charge in [-0.15, -0.1) is 0 Å². The Morgan fingerprint density at radius 3 is 2.38 bits per heavy atom. The average Bonchev–Trinajstić information content (AvgIpc) is 2.72. The predicted octanol–water partition coefficient (Wildman–Crippen LogP) is 3.51. The third-order valence-corrected chi connectivity index (χ3v) is 4.61. The van der Waals surface area contributed by atoms with Crippen molar-refractivity contribution in [2.45, 2.75) is 33.7 Å². The average molecular weight is 397 g/mol. The minimum absolute atomic E-state index is 0.0201. The number of nitrogens with one attached hydrogen (secondary N) is 3. The van der Waals surface area contributed by atoms with Crippen molar-refractivity contribution in [3.8, 4) is 5.75 Å². The topological polar surface area (TPSA) is 74.8 Å². The predicted molar refractivity (Wildman–Crippen MR) is 120 cm³/mol. The van der Waals surface area contributed by atoms with Crippen LogP contribution in [0.15, 0.2) is 47.5 Å². The van der Waals surface area contributed by atoms with Crippen LogP contribution in [0.25, 0.3) is 0 Å². The molecule has 0 aliphatic carbocycles. The monoisotopic (exact) mass is 396 g/mol. The maximum absolute atomic E-state index is 11.8. The van der Waals surface area contributed by atoms with Crippen LogP contribution in [0.1, 0.15) is 30.5 Å². The van der Waals surface area contributed by atoms with E-state index < -0.39 is 0 Å². The number of methoxy groups -OCH3 is 1. The highest BCUT2D eigenvalue weighted by molar-refractivity contribution is 5.92. The minimum Gasteiger partial charge on any atom is -0.496 e. The van der Waals surface area contributed by atoms with E-state index in [9.17, 15) is 4.79 Å². The Balaban J connectivity index is 1.79. The van der Waals surface area contributed by atoms with Gasteiger partial charge in [0, 0.05) is 31.7 Å². The molecule has 0 atom stereocenters. The number of hydrogen-bond acceptors (Lipinski definition) is 3. The van der Waals surface area contributed by atoms with E-state index in [1.54, 1.807) is 14.2 Å². The number of carbonyl (C=O) groups excluding carboxylic acids is 1. The molecule has 0 aliphatic rings. The number of rotatable bonds is 8. The summed E-state index contributed by atoms with van der Waals surface area (Å²) in [5.41, 5.74) is 4.27. The van der Waals surface area contributed by atoms with Gasteiger partial charge in [-0.1, -0.05) is 38.1 Å². The number of ether oxygens (including phenoxy) is 1. The number of aliphatic imine (C=N–C) groups is 1. The van der Waals surface area contributed by atoms with Gasteiger partial charge in [0.1, 0.15) is 5.75 Å². The summed E-state index contributed by atoms with van der Waals surface area (Å²) in [4.78, 5) is 16.0. The summed E-state index contributed by atoms with van der Waals surface area (Å²) in [6.45, 7) is 7.21. The molecule has 0 unspecified atom stereocenters. The summed E-state index contributed by atoms with van der Waals surface area (Å²) < 4.78 is 5.38. The quantitative estimate of drug-likeness (QED) is 0.472. The van der Waals surface area contributed by atoms with Gasteiger partial charge in [-0.05, 0) is 48.2 Å². The first kappa shape index (κ1) is 22.3. The highest BCUT2D eigenvalue weighted by Gasteiger charge is 2.07. The Kier molecular flexibility index (Phi) is 8.52. The fourth-order valence-electron chi connectivity index (χ4n) is 2.74. The molecule has 0 bridgehead atoms. The van der Waals surface area contributed by atoms with Crippen molar-refractivity contribution in [2.24, 2.45) is 10.9 Å². The van der Waals surface area contributed by atoms with E-state index in [0.717, 1.165) is 41.5 Å². The van der Waals surface area contributed by atoms with Crippen LogP contribution < -0.4 is 20.7 Å². The lowest BCUT2D eigenvalue weighted by Gasteiger charge is -2.13. The molecule has 2 aromatic carbocycles. The molecule has 6 heteroatoms. The molecule has 0 radical (unpaired) electrons. The third-order valence-electron chi connectivity index (χ3n) is 4.61. The van der Waals surface area contributed by atoms with E-state index in [-0.39, 0.29) is 11.8 Å². The van der Waals surface area contributed by atoms with Gasteiger partial charge in [-0.3, -0.25) is 9.79 Å². The van der Waals surface area contributed by atoms with Gasteiger partial charge >= 0.3 is 0 Å². The van der Waals surface area contributed by atoms with Gasteiger partial charge in [-0.2, -0.15) is 0 Å². The molecule has 2 aromatic rings. The lowest BCUT2D eigenvalue weighted by molar-refractivity contribution is -0.118. The van der Waals surface area contributed by atoms with E-state index in [4.69, 9.17) is 4.74 Å². The van der Waals surface area contributed by atoms with Gasteiger partial charge in [0.25, 0.3) is 0 Å². The molecular formula is C23H32N4O2. The van der Waals surface area contributed by atoms with Gasteiger partial charge in [0.15, 0.2) is 5.96 Å². The molecule has 156 valence electrons. The van der Waals surface area contributed by atoms with Crippen LogP contribution >= 0.6 is 0 Å². The molecule has 3 N–H and O–H groups in total. The van der Waals surface area contributed by atoms with Crippen LogP contribution in [0, 0.1) is 12.8 Å². The van der Waals surface area contributed by atoms with Crippen LogP contribution in [0.5, 0.6) is 5.75 Å². The number of carbonyl (C=O) groups is 1. The number of benzene rings is 2. The first-order valence-electron chi connectivity index (χ1n) is 9.90. The van der Waals surface area contributed by atoms with Crippen molar-refractivity contribution in [1.82, 2.24) is 10.6 Å². The lowest BCUT2D eigenvalue weighted by atomic mass is 10.1. The molecule has 0 fully saturated rings. The molecule has 1 amide bonds. The van der Waals surface area contributed by atoms with Crippen LogP contribution in [0.4, 0.5) is 5.69 Å². The highest BCUT2D eigenvalue weighted by atomic mass is 16.5. The Bertz CT molecular complexity index is 829. The van der Waals surface area contributed by atoms with Crippen molar-refractivity contribution in [3.05, 3.63) is 59.2 Å². The zero-order chi connectivity index (χ0) is 21.2. The second-order valence-corrected chi connectivity index (χ2v) is 7.25. The Morgan fingerprint density at radius 2 is 1.76 bits per heavy atom. The largest absolute Gasteiger partial charge is 0.496 e. The summed E-state index contributed by atoms with van der Waals surface area (Å²) in [7, 11) is 3.45. The second-order valence-electron chi connectivity index (χ2n) is 7.25. The molecule has 0 saturated heterocycles. The van der Waals surface area contributed by atoms with E-state index in [0.29, 0.717) is 6.54 Å². The summed E-state index contributed by atoms with van der Waals surface area (Å²) in [5, 5.41) is 9.54. The zero-order valence-electron chi connectivity index (χ0n) is 18.0. The van der Waals surface area contributed by atoms with E-state index in [1.807, 2.05) is 45.0 Å². The molecule has 29 heavy (non-hydrogen) atoms. The van der Waals surface area contributed by atoms with Crippen molar-refractivity contribution in [3.63, 3.8) is 0 Å². The third kappa shape index (κ3) is 7.14. The number of amides is 1. The van der Waals surface area contributed by atoms with Crippen molar-refractivity contribution in [1.29, 1.82) is 0 Å². The molecule has 0 aromatic heterocycles. The zero-order valence-corrected chi connectivity index (χ0v) is 18.0. The number of guanidine groups is 1. The minimum atomic E-state index is -0.0354. The first-order valence-corrected chi connectivity index (χ1v) is 9.90. The maximum Gasteiger partial charge on any atom is 0.226 e. The Morgan fingerprint density at radius 1 is 1.07 bits per heavy atom. The van der Waals surface area contributed by atoms with Crippen molar-refractivity contribution >= 4 is 17.6 Å².